The van der Waals surface area contributed by atoms with Crippen LogP contribution in [0.5, 0.6) is 0 Å². The van der Waals surface area contributed by atoms with E-state index < -0.39 is 10.0 Å². The van der Waals surface area contributed by atoms with Gasteiger partial charge in [-0.1, -0.05) is 35.9 Å². The lowest BCUT2D eigenvalue weighted by molar-refractivity contribution is 0.0646. The standard InChI is InChI=1S/C12H17NO3S/c14-17(15,12-8-2-1-3-9-12)13-16-10-11-6-4-5-7-11/h1-3,8-9,11,13H,4-7,10H2. The van der Waals surface area contributed by atoms with Crippen LogP contribution in [0.25, 0.3) is 0 Å². The average molecular weight is 255 g/mol. The Morgan fingerprint density at radius 1 is 1.18 bits per heavy atom. The van der Waals surface area contributed by atoms with Crippen LogP contribution in [0.1, 0.15) is 25.7 Å². The molecule has 0 saturated heterocycles. The summed E-state index contributed by atoms with van der Waals surface area (Å²) in [7, 11) is -3.52. The average Bonchev–Trinajstić information content (AvgIpc) is 2.83. The van der Waals surface area contributed by atoms with E-state index in [9.17, 15) is 8.42 Å². The molecule has 1 saturated carbocycles. The second-order valence-corrected chi connectivity index (χ2v) is 6.01. The van der Waals surface area contributed by atoms with Crippen molar-refractivity contribution >= 4 is 10.0 Å². The van der Waals surface area contributed by atoms with Gasteiger partial charge in [-0.15, -0.1) is 0 Å². The second kappa shape index (κ2) is 5.62. The molecule has 1 aromatic carbocycles. The van der Waals surface area contributed by atoms with Crippen LogP contribution in [0.2, 0.25) is 0 Å². The van der Waals surface area contributed by atoms with Gasteiger partial charge in [0.1, 0.15) is 0 Å². The Morgan fingerprint density at radius 3 is 2.47 bits per heavy atom. The van der Waals surface area contributed by atoms with Crippen molar-refractivity contribution in [2.24, 2.45) is 5.92 Å². The molecule has 94 valence electrons. The van der Waals surface area contributed by atoms with Crippen molar-refractivity contribution < 1.29 is 13.3 Å². The molecule has 0 unspecified atom stereocenters. The lowest BCUT2D eigenvalue weighted by atomic mass is 10.1. The topological polar surface area (TPSA) is 55.4 Å². The highest BCUT2D eigenvalue weighted by Crippen LogP contribution is 2.24. The van der Waals surface area contributed by atoms with Gasteiger partial charge in [-0.05, 0) is 30.9 Å². The summed E-state index contributed by atoms with van der Waals surface area (Å²) in [6.45, 7) is 0.464. The third-order valence-electron chi connectivity index (χ3n) is 3.02. The van der Waals surface area contributed by atoms with Crippen molar-refractivity contribution in [3.8, 4) is 0 Å². The Labute approximate surface area is 102 Å². The Kier molecular flexibility index (Phi) is 4.15. The summed E-state index contributed by atoms with van der Waals surface area (Å²) in [6.07, 6.45) is 4.71. The van der Waals surface area contributed by atoms with Crippen LogP contribution in [0.15, 0.2) is 35.2 Å². The number of benzene rings is 1. The highest BCUT2D eigenvalue weighted by Gasteiger charge is 2.18. The molecule has 0 aromatic heterocycles. The molecule has 1 fully saturated rings. The van der Waals surface area contributed by atoms with Gasteiger partial charge in [0.05, 0.1) is 11.5 Å². The van der Waals surface area contributed by atoms with E-state index in [0.717, 1.165) is 12.8 Å². The van der Waals surface area contributed by atoms with E-state index in [-0.39, 0.29) is 4.90 Å². The molecular formula is C12H17NO3S. The molecule has 1 N–H and O–H groups in total. The zero-order valence-corrected chi connectivity index (χ0v) is 10.4. The van der Waals surface area contributed by atoms with Crippen LogP contribution < -0.4 is 4.89 Å². The Bertz CT molecular complexity index is 438. The highest BCUT2D eigenvalue weighted by atomic mass is 32.2. The SMILES string of the molecule is O=S(=O)(NOCC1CCCC1)c1ccccc1. The Balaban J connectivity index is 1.85. The summed E-state index contributed by atoms with van der Waals surface area (Å²) in [5.74, 6) is 0.494. The summed E-state index contributed by atoms with van der Waals surface area (Å²) in [5, 5.41) is 0. The highest BCUT2D eigenvalue weighted by molar-refractivity contribution is 7.89. The molecule has 4 nitrogen and oxygen atoms in total. The smallest absolute Gasteiger partial charge is 0.262 e. The van der Waals surface area contributed by atoms with E-state index in [4.69, 9.17) is 4.84 Å². The van der Waals surface area contributed by atoms with Crippen LogP contribution in [0, 0.1) is 5.92 Å². The normalized spacial score (nSPS) is 17.4. The fourth-order valence-electron chi connectivity index (χ4n) is 2.05. The van der Waals surface area contributed by atoms with Crippen LogP contribution >= 0.6 is 0 Å². The van der Waals surface area contributed by atoms with Gasteiger partial charge in [-0.25, -0.2) is 8.42 Å². The summed E-state index contributed by atoms with van der Waals surface area (Å²) in [5.41, 5.74) is 0. The molecule has 0 radical (unpaired) electrons. The Morgan fingerprint density at radius 2 is 1.82 bits per heavy atom. The van der Waals surface area contributed by atoms with E-state index in [1.54, 1.807) is 30.3 Å². The zero-order chi connectivity index (χ0) is 12.1. The largest absolute Gasteiger partial charge is 0.287 e. The van der Waals surface area contributed by atoms with Gasteiger partial charge >= 0.3 is 0 Å². The molecular weight excluding hydrogens is 238 g/mol. The van der Waals surface area contributed by atoms with Gasteiger partial charge in [0, 0.05) is 0 Å². The minimum atomic E-state index is -3.52. The lowest BCUT2D eigenvalue weighted by Crippen LogP contribution is -2.26. The molecule has 5 heteroatoms. The quantitative estimate of drug-likeness (QED) is 0.820. The number of hydrogen-bond acceptors (Lipinski definition) is 3. The van der Waals surface area contributed by atoms with Gasteiger partial charge in [-0.2, -0.15) is 0 Å². The molecule has 1 aliphatic rings. The molecule has 0 amide bonds. The van der Waals surface area contributed by atoms with Gasteiger partial charge in [0.25, 0.3) is 10.0 Å². The van der Waals surface area contributed by atoms with Crippen molar-refractivity contribution in [1.29, 1.82) is 0 Å². The number of nitrogens with one attached hydrogen (secondary N) is 1. The van der Waals surface area contributed by atoms with Gasteiger partial charge in [0.2, 0.25) is 0 Å². The minimum Gasteiger partial charge on any atom is -0.287 e. The molecule has 0 heterocycles. The first-order valence-electron chi connectivity index (χ1n) is 5.87. The predicted octanol–water partition coefficient (Wildman–Crippen LogP) is 2.09. The molecule has 0 bridgehead atoms. The van der Waals surface area contributed by atoms with Crippen molar-refractivity contribution in [2.75, 3.05) is 6.61 Å². The number of sulfonamides is 1. The van der Waals surface area contributed by atoms with Crippen molar-refractivity contribution in [3.63, 3.8) is 0 Å². The van der Waals surface area contributed by atoms with Gasteiger partial charge < -0.3 is 0 Å². The van der Waals surface area contributed by atoms with Crippen LogP contribution in [-0.4, -0.2) is 15.0 Å². The van der Waals surface area contributed by atoms with E-state index >= 15 is 0 Å². The second-order valence-electron chi connectivity index (χ2n) is 4.36. The monoisotopic (exact) mass is 255 g/mol. The van der Waals surface area contributed by atoms with Crippen molar-refractivity contribution in [1.82, 2.24) is 4.89 Å². The van der Waals surface area contributed by atoms with E-state index in [1.165, 1.54) is 12.8 Å². The molecule has 1 aliphatic carbocycles. The van der Waals surface area contributed by atoms with Crippen molar-refractivity contribution in [2.45, 2.75) is 30.6 Å². The first kappa shape index (κ1) is 12.5. The molecule has 0 aliphatic heterocycles. The summed E-state index contributed by atoms with van der Waals surface area (Å²) >= 11 is 0. The fourth-order valence-corrected chi connectivity index (χ4v) is 2.89. The molecule has 0 atom stereocenters. The molecule has 2 rings (SSSR count). The number of rotatable bonds is 5. The van der Waals surface area contributed by atoms with Crippen LogP contribution in [-0.2, 0) is 14.9 Å². The Hall–Kier alpha value is -0.910. The summed E-state index contributed by atoms with van der Waals surface area (Å²) in [6, 6.07) is 8.23. The molecule has 1 aromatic rings. The van der Waals surface area contributed by atoms with Crippen molar-refractivity contribution in [3.05, 3.63) is 30.3 Å². The third kappa shape index (κ3) is 3.52. The molecule has 17 heavy (non-hydrogen) atoms. The number of hydrogen-bond donors (Lipinski definition) is 1. The fraction of sp³-hybridized carbons (Fsp3) is 0.500. The van der Waals surface area contributed by atoms with E-state index in [1.807, 2.05) is 0 Å². The maximum Gasteiger partial charge on any atom is 0.262 e. The van der Waals surface area contributed by atoms with Gasteiger partial charge in [-0.3, -0.25) is 4.84 Å². The lowest BCUT2D eigenvalue weighted by Gasteiger charge is -2.10. The van der Waals surface area contributed by atoms with E-state index in [2.05, 4.69) is 4.89 Å². The van der Waals surface area contributed by atoms with Gasteiger partial charge in [0.15, 0.2) is 0 Å². The summed E-state index contributed by atoms with van der Waals surface area (Å²) in [4.78, 5) is 7.50. The maximum atomic E-state index is 11.8. The maximum absolute atomic E-state index is 11.8. The minimum absolute atomic E-state index is 0.228. The zero-order valence-electron chi connectivity index (χ0n) is 9.63. The van der Waals surface area contributed by atoms with Crippen LogP contribution in [0.3, 0.4) is 0 Å². The predicted molar refractivity (Wildman–Crippen MR) is 64.7 cm³/mol. The first-order valence-corrected chi connectivity index (χ1v) is 7.35. The van der Waals surface area contributed by atoms with E-state index in [0.29, 0.717) is 12.5 Å². The van der Waals surface area contributed by atoms with Crippen LogP contribution in [0.4, 0.5) is 0 Å². The summed E-state index contributed by atoms with van der Waals surface area (Å²) < 4.78 is 23.5. The first-order chi connectivity index (χ1) is 8.18. The third-order valence-corrected chi connectivity index (χ3v) is 4.25. The molecule has 0 spiro atoms.